The van der Waals surface area contributed by atoms with Crippen LogP contribution in [0.5, 0.6) is 0 Å². The maximum atomic E-state index is 12.0. The van der Waals surface area contributed by atoms with E-state index in [2.05, 4.69) is 9.97 Å². The SMILES string of the molecule is Cn1c(/C(C#N)=C(\O)COC(=O)/C=C/c2nc3ccccc3o2)nc2ccccc21. The van der Waals surface area contributed by atoms with Crippen molar-refractivity contribution in [1.82, 2.24) is 14.5 Å². The summed E-state index contributed by atoms with van der Waals surface area (Å²) in [7, 11) is 1.74. The molecular weight excluding hydrogens is 384 g/mol. The van der Waals surface area contributed by atoms with Crippen LogP contribution in [-0.2, 0) is 16.6 Å². The Kier molecular flexibility index (Phi) is 5.01. The Morgan fingerprint density at radius 3 is 2.67 bits per heavy atom. The smallest absolute Gasteiger partial charge is 0.331 e. The molecule has 0 aliphatic carbocycles. The Hall–Kier alpha value is -4.38. The van der Waals surface area contributed by atoms with Crippen molar-refractivity contribution in [2.45, 2.75) is 0 Å². The second kappa shape index (κ2) is 7.93. The van der Waals surface area contributed by atoms with E-state index >= 15 is 0 Å². The first kappa shape index (κ1) is 19.0. The number of esters is 1. The number of fused-ring (bicyclic) bond motifs is 2. The average Bonchev–Trinajstić information content (AvgIpc) is 3.32. The molecule has 8 heteroatoms. The van der Waals surface area contributed by atoms with E-state index in [1.807, 2.05) is 42.5 Å². The Bertz CT molecular complexity index is 1320. The van der Waals surface area contributed by atoms with Crippen molar-refractivity contribution in [3.8, 4) is 6.07 Å². The lowest BCUT2D eigenvalue weighted by Crippen LogP contribution is -2.07. The van der Waals surface area contributed by atoms with Gasteiger partial charge in [0.05, 0.1) is 11.0 Å². The maximum Gasteiger partial charge on any atom is 0.331 e. The zero-order valence-corrected chi connectivity index (χ0v) is 15.9. The number of aryl methyl sites for hydroxylation is 1. The highest BCUT2D eigenvalue weighted by molar-refractivity contribution is 5.87. The Morgan fingerprint density at radius 2 is 1.93 bits per heavy atom. The number of nitrogens with zero attached hydrogens (tertiary/aromatic N) is 4. The van der Waals surface area contributed by atoms with Crippen LogP contribution in [0, 0.1) is 11.3 Å². The van der Waals surface area contributed by atoms with Crippen molar-refractivity contribution in [3.05, 3.63) is 72.1 Å². The van der Waals surface area contributed by atoms with Crippen molar-refractivity contribution in [2.75, 3.05) is 6.61 Å². The minimum atomic E-state index is -0.717. The number of hydrogen-bond donors (Lipinski definition) is 1. The van der Waals surface area contributed by atoms with Gasteiger partial charge in [-0.2, -0.15) is 5.26 Å². The summed E-state index contributed by atoms with van der Waals surface area (Å²) in [5.41, 5.74) is 2.71. The van der Waals surface area contributed by atoms with Crippen molar-refractivity contribution in [1.29, 1.82) is 5.26 Å². The molecule has 0 saturated carbocycles. The molecule has 8 nitrogen and oxygen atoms in total. The van der Waals surface area contributed by atoms with Gasteiger partial charge in [0.25, 0.3) is 0 Å². The first-order valence-corrected chi connectivity index (χ1v) is 9.01. The molecule has 0 saturated heterocycles. The number of aliphatic hydroxyl groups excluding tert-OH is 1. The molecule has 0 amide bonds. The molecule has 0 bridgehead atoms. The molecule has 0 unspecified atom stereocenters. The first-order chi connectivity index (χ1) is 14.6. The summed E-state index contributed by atoms with van der Waals surface area (Å²) < 4.78 is 12.2. The maximum absolute atomic E-state index is 12.0. The van der Waals surface area contributed by atoms with Crippen LogP contribution >= 0.6 is 0 Å². The van der Waals surface area contributed by atoms with Gasteiger partial charge in [0.2, 0.25) is 5.89 Å². The number of hydrogen-bond acceptors (Lipinski definition) is 7. The van der Waals surface area contributed by atoms with Crippen molar-refractivity contribution in [3.63, 3.8) is 0 Å². The highest BCUT2D eigenvalue weighted by Crippen LogP contribution is 2.22. The average molecular weight is 400 g/mol. The van der Waals surface area contributed by atoms with E-state index in [1.165, 1.54) is 6.08 Å². The van der Waals surface area contributed by atoms with Crippen LogP contribution in [0.3, 0.4) is 0 Å². The summed E-state index contributed by atoms with van der Waals surface area (Å²) in [6.07, 6.45) is 2.51. The van der Waals surface area contributed by atoms with Crippen molar-refractivity contribution in [2.24, 2.45) is 7.05 Å². The minimum Gasteiger partial charge on any atom is -0.507 e. The van der Waals surface area contributed by atoms with Crippen LogP contribution in [0.25, 0.3) is 33.8 Å². The Balaban J connectivity index is 1.48. The summed E-state index contributed by atoms with van der Waals surface area (Å²) in [4.78, 5) is 20.6. The molecule has 0 spiro atoms. The number of rotatable bonds is 5. The van der Waals surface area contributed by atoms with E-state index in [-0.39, 0.29) is 23.0 Å². The molecule has 4 rings (SSSR count). The summed E-state index contributed by atoms with van der Waals surface area (Å²) in [5, 5.41) is 19.8. The number of aromatic nitrogens is 3. The number of carbonyl (C=O) groups is 1. The van der Waals surface area contributed by atoms with E-state index in [4.69, 9.17) is 9.15 Å². The first-order valence-electron chi connectivity index (χ1n) is 9.01. The number of aliphatic hydroxyl groups is 1. The lowest BCUT2D eigenvalue weighted by atomic mass is 10.2. The predicted octanol–water partition coefficient (Wildman–Crippen LogP) is 3.76. The lowest BCUT2D eigenvalue weighted by Gasteiger charge is -2.05. The largest absolute Gasteiger partial charge is 0.507 e. The minimum absolute atomic E-state index is 0.0653. The van der Waals surface area contributed by atoms with Crippen LogP contribution < -0.4 is 0 Å². The summed E-state index contributed by atoms with van der Waals surface area (Å²) in [6.45, 7) is -0.469. The molecule has 148 valence electrons. The van der Waals surface area contributed by atoms with Gasteiger partial charge < -0.3 is 18.8 Å². The second-order valence-electron chi connectivity index (χ2n) is 6.38. The number of imidazole rings is 1. The number of ether oxygens (including phenoxy) is 1. The van der Waals surface area contributed by atoms with Crippen LogP contribution in [0.1, 0.15) is 11.7 Å². The van der Waals surface area contributed by atoms with Gasteiger partial charge in [-0.15, -0.1) is 0 Å². The molecule has 2 heterocycles. The van der Waals surface area contributed by atoms with Gasteiger partial charge >= 0.3 is 5.97 Å². The third-order valence-corrected chi connectivity index (χ3v) is 4.43. The number of benzene rings is 2. The number of allylic oxidation sites excluding steroid dienone is 1. The number of carbonyl (C=O) groups excluding carboxylic acids is 1. The third kappa shape index (κ3) is 3.64. The zero-order chi connectivity index (χ0) is 21.1. The van der Waals surface area contributed by atoms with Crippen LogP contribution in [0.4, 0.5) is 0 Å². The molecule has 2 aromatic carbocycles. The summed E-state index contributed by atoms with van der Waals surface area (Å²) in [5.74, 6) is -0.565. The molecule has 0 aliphatic heterocycles. The number of para-hydroxylation sites is 4. The van der Waals surface area contributed by atoms with Crippen LogP contribution in [-0.4, -0.2) is 32.2 Å². The molecular formula is C22H16N4O4. The van der Waals surface area contributed by atoms with Gasteiger partial charge in [-0.3, -0.25) is 0 Å². The molecule has 4 aromatic rings. The van der Waals surface area contributed by atoms with Gasteiger partial charge in [-0.1, -0.05) is 24.3 Å². The Morgan fingerprint density at radius 1 is 1.20 bits per heavy atom. The van der Waals surface area contributed by atoms with Crippen molar-refractivity contribution < 1.29 is 19.1 Å². The number of oxazole rings is 1. The van der Waals surface area contributed by atoms with E-state index in [0.717, 1.165) is 11.6 Å². The highest BCUT2D eigenvalue weighted by Gasteiger charge is 2.17. The van der Waals surface area contributed by atoms with Gasteiger partial charge in [0.15, 0.2) is 17.2 Å². The predicted molar refractivity (Wildman–Crippen MR) is 110 cm³/mol. The second-order valence-corrected chi connectivity index (χ2v) is 6.38. The van der Waals surface area contributed by atoms with Gasteiger partial charge in [-0.05, 0) is 24.3 Å². The normalized spacial score (nSPS) is 12.3. The highest BCUT2D eigenvalue weighted by atomic mass is 16.5. The fourth-order valence-corrected chi connectivity index (χ4v) is 2.97. The molecule has 0 aliphatic rings. The van der Waals surface area contributed by atoms with Gasteiger partial charge in [0.1, 0.15) is 23.8 Å². The topological polar surface area (TPSA) is 114 Å². The summed E-state index contributed by atoms with van der Waals surface area (Å²) in [6, 6.07) is 16.5. The van der Waals surface area contributed by atoms with Gasteiger partial charge in [-0.25, -0.2) is 14.8 Å². The summed E-state index contributed by atoms with van der Waals surface area (Å²) >= 11 is 0. The monoisotopic (exact) mass is 400 g/mol. The third-order valence-electron chi connectivity index (χ3n) is 4.43. The Labute approximate surface area is 171 Å². The number of nitriles is 1. The molecule has 0 radical (unpaired) electrons. The van der Waals surface area contributed by atoms with Crippen molar-refractivity contribution >= 4 is 39.8 Å². The molecule has 0 fully saturated rings. The standard InChI is InChI=1S/C22H16N4O4/c1-26-17-8-4-2-6-15(17)25-22(26)14(12-23)18(27)13-29-21(28)11-10-20-24-16-7-3-5-9-19(16)30-20/h2-11,27H,13H2,1H3/b11-10+,18-14-. The fraction of sp³-hybridized carbons (Fsp3) is 0.0909. The van der Waals surface area contributed by atoms with E-state index in [1.54, 1.807) is 23.7 Å². The molecule has 2 aromatic heterocycles. The van der Waals surface area contributed by atoms with E-state index < -0.39 is 12.6 Å². The molecule has 1 N–H and O–H groups in total. The van der Waals surface area contributed by atoms with Crippen LogP contribution in [0.2, 0.25) is 0 Å². The molecule has 30 heavy (non-hydrogen) atoms. The quantitative estimate of drug-likeness (QED) is 0.235. The van der Waals surface area contributed by atoms with Crippen LogP contribution in [0.15, 0.2) is 64.8 Å². The lowest BCUT2D eigenvalue weighted by molar-refractivity contribution is -0.137. The van der Waals surface area contributed by atoms with E-state index in [9.17, 15) is 15.2 Å². The van der Waals surface area contributed by atoms with E-state index in [0.29, 0.717) is 16.6 Å². The fourth-order valence-electron chi connectivity index (χ4n) is 2.97. The zero-order valence-electron chi connectivity index (χ0n) is 15.9. The van der Waals surface area contributed by atoms with Gasteiger partial charge in [0, 0.05) is 19.2 Å². The molecule has 0 atom stereocenters.